The van der Waals surface area contributed by atoms with Crippen molar-refractivity contribution in [2.24, 2.45) is 5.73 Å². The van der Waals surface area contributed by atoms with E-state index in [0.29, 0.717) is 0 Å². The molecule has 1 rings (SSSR count). The van der Waals surface area contributed by atoms with Crippen molar-refractivity contribution in [3.63, 3.8) is 0 Å². The standard InChI is InChI=1S/C11H15NO3/c1-6-7(2)10(13)4-3-8(6)5-9(12)11(14)15/h3-4,9,13H,5,12H2,1-2H3,(H,14,15)/t9-/m0/s1. The van der Waals surface area contributed by atoms with Crippen LogP contribution in [0.1, 0.15) is 16.7 Å². The van der Waals surface area contributed by atoms with E-state index in [0.717, 1.165) is 16.7 Å². The van der Waals surface area contributed by atoms with Gasteiger partial charge in [-0.2, -0.15) is 0 Å². The van der Waals surface area contributed by atoms with Crippen LogP contribution in [0, 0.1) is 13.8 Å². The van der Waals surface area contributed by atoms with E-state index in [9.17, 15) is 9.90 Å². The highest BCUT2D eigenvalue weighted by molar-refractivity contribution is 5.73. The Balaban J connectivity index is 2.97. The molecule has 1 aromatic carbocycles. The van der Waals surface area contributed by atoms with Crippen molar-refractivity contribution in [2.75, 3.05) is 0 Å². The van der Waals surface area contributed by atoms with E-state index < -0.39 is 12.0 Å². The molecule has 1 aromatic rings. The number of rotatable bonds is 3. The first-order valence-electron chi connectivity index (χ1n) is 4.70. The van der Waals surface area contributed by atoms with Crippen molar-refractivity contribution in [3.8, 4) is 5.75 Å². The monoisotopic (exact) mass is 209 g/mol. The lowest BCUT2D eigenvalue weighted by atomic mass is 9.97. The van der Waals surface area contributed by atoms with Gasteiger partial charge in [-0.1, -0.05) is 6.07 Å². The molecule has 0 radical (unpaired) electrons. The molecule has 0 spiro atoms. The molecule has 0 aliphatic carbocycles. The van der Waals surface area contributed by atoms with Gasteiger partial charge in [0.1, 0.15) is 11.8 Å². The zero-order valence-corrected chi connectivity index (χ0v) is 8.82. The van der Waals surface area contributed by atoms with Crippen LogP contribution in [0.4, 0.5) is 0 Å². The average Bonchev–Trinajstić information content (AvgIpc) is 2.18. The summed E-state index contributed by atoms with van der Waals surface area (Å²) in [5.74, 6) is -0.791. The molecule has 0 saturated carbocycles. The van der Waals surface area contributed by atoms with Crippen molar-refractivity contribution in [1.29, 1.82) is 0 Å². The number of nitrogens with two attached hydrogens (primary N) is 1. The van der Waals surface area contributed by atoms with Gasteiger partial charge in [-0.25, -0.2) is 0 Å². The minimum absolute atomic E-state index is 0.222. The molecule has 4 nitrogen and oxygen atoms in total. The third kappa shape index (κ3) is 2.47. The van der Waals surface area contributed by atoms with Crippen LogP contribution in [0.25, 0.3) is 0 Å². The molecule has 0 aliphatic heterocycles. The number of aliphatic carboxylic acids is 1. The lowest BCUT2D eigenvalue weighted by Gasteiger charge is -2.12. The molecular weight excluding hydrogens is 194 g/mol. The number of phenols is 1. The van der Waals surface area contributed by atoms with Gasteiger partial charge in [0, 0.05) is 0 Å². The van der Waals surface area contributed by atoms with Crippen molar-refractivity contribution >= 4 is 5.97 Å². The van der Waals surface area contributed by atoms with Crippen LogP contribution in [0.3, 0.4) is 0 Å². The number of aromatic hydroxyl groups is 1. The lowest BCUT2D eigenvalue weighted by molar-refractivity contribution is -0.138. The zero-order chi connectivity index (χ0) is 11.6. The van der Waals surface area contributed by atoms with E-state index in [2.05, 4.69) is 0 Å². The van der Waals surface area contributed by atoms with Gasteiger partial charge in [0.15, 0.2) is 0 Å². The summed E-state index contributed by atoms with van der Waals surface area (Å²) in [5.41, 5.74) is 7.97. The second kappa shape index (κ2) is 4.31. The fourth-order valence-electron chi connectivity index (χ4n) is 1.41. The summed E-state index contributed by atoms with van der Waals surface area (Å²) in [5, 5.41) is 18.1. The summed E-state index contributed by atoms with van der Waals surface area (Å²) < 4.78 is 0. The van der Waals surface area contributed by atoms with Crippen LogP contribution >= 0.6 is 0 Å². The summed E-state index contributed by atoms with van der Waals surface area (Å²) in [4.78, 5) is 10.6. The SMILES string of the molecule is Cc1c(O)ccc(C[C@H](N)C(=O)O)c1C. The van der Waals surface area contributed by atoms with Gasteiger partial charge in [0.05, 0.1) is 0 Å². The van der Waals surface area contributed by atoms with Crippen LogP contribution in [-0.4, -0.2) is 22.2 Å². The van der Waals surface area contributed by atoms with Gasteiger partial charge in [-0.05, 0) is 43.0 Å². The summed E-state index contributed by atoms with van der Waals surface area (Å²) >= 11 is 0. The Labute approximate surface area is 88.3 Å². The third-order valence-corrected chi connectivity index (χ3v) is 2.63. The van der Waals surface area contributed by atoms with Gasteiger partial charge in [0.25, 0.3) is 0 Å². The highest BCUT2D eigenvalue weighted by atomic mass is 16.4. The van der Waals surface area contributed by atoms with Gasteiger partial charge in [-0.3, -0.25) is 4.79 Å². The van der Waals surface area contributed by atoms with E-state index in [1.165, 1.54) is 0 Å². The van der Waals surface area contributed by atoms with Gasteiger partial charge >= 0.3 is 5.97 Å². The molecule has 0 bridgehead atoms. The second-order valence-electron chi connectivity index (χ2n) is 3.64. The molecule has 15 heavy (non-hydrogen) atoms. The summed E-state index contributed by atoms with van der Waals surface area (Å²) in [6.07, 6.45) is 0.280. The Hall–Kier alpha value is -1.55. The normalized spacial score (nSPS) is 12.5. The summed E-state index contributed by atoms with van der Waals surface area (Å²) in [6.45, 7) is 3.64. The topological polar surface area (TPSA) is 83.5 Å². The molecule has 0 heterocycles. The van der Waals surface area contributed by atoms with E-state index in [1.807, 2.05) is 6.92 Å². The number of hydrogen-bond acceptors (Lipinski definition) is 3. The van der Waals surface area contributed by atoms with Crippen LogP contribution in [-0.2, 0) is 11.2 Å². The number of carboxylic acids is 1. The van der Waals surface area contributed by atoms with Crippen molar-refractivity contribution in [2.45, 2.75) is 26.3 Å². The van der Waals surface area contributed by atoms with Crippen LogP contribution in [0.15, 0.2) is 12.1 Å². The first kappa shape index (κ1) is 11.5. The van der Waals surface area contributed by atoms with Gasteiger partial charge in [0.2, 0.25) is 0 Å². The van der Waals surface area contributed by atoms with E-state index in [4.69, 9.17) is 10.8 Å². The summed E-state index contributed by atoms with van der Waals surface area (Å²) in [6, 6.07) is 2.37. The second-order valence-corrected chi connectivity index (χ2v) is 3.64. The molecule has 4 N–H and O–H groups in total. The average molecular weight is 209 g/mol. The predicted octanol–water partition coefficient (Wildman–Crippen LogP) is 0.963. The zero-order valence-electron chi connectivity index (χ0n) is 8.82. The maximum absolute atomic E-state index is 10.6. The molecule has 4 heteroatoms. The maximum Gasteiger partial charge on any atom is 0.320 e. The Morgan fingerprint density at radius 3 is 2.53 bits per heavy atom. The molecular formula is C11H15NO3. The molecule has 0 amide bonds. The van der Waals surface area contributed by atoms with E-state index >= 15 is 0 Å². The Morgan fingerprint density at radius 2 is 2.00 bits per heavy atom. The molecule has 1 atom stereocenters. The minimum atomic E-state index is -1.01. The summed E-state index contributed by atoms with van der Waals surface area (Å²) in [7, 11) is 0. The van der Waals surface area contributed by atoms with Gasteiger partial charge < -0.3 is 15.9 Å². The molecule has 0 fully saturated rings. The number of benzene rings is 1. The van der Waals surface area contributed by atoms with Crippen molar-refractivity contribution in [1.82, 2.24) is 0 Å². The van der Waals surface area contributed by atoms with E-state index in [-0.39, 0.29) is 12.2 Å². The Bertz CT molecular complexity index is 388. The van der Waals surface area contributed by atoms with Crippen LogP contribution in [0.5, 0.6) is 5.75 Å². The first-order valence-corrected chi connectivity index (χ1v) is 4.70. The predicted molar refractivity (Wildman–Crippen MR) is 56.9 cm³/mol. The van der Waals surface area contributed by atoms with Crippen LogP contribution in [0.2, 0.25) is 0 Å². The van der Waals surface area contributed by atoms with E-state index in [1.54, 1.807) is 19.1 Å². The largest absolute Gasteiger partial charge is 0.508 e. The number of phenolic OH excluding ortho intramolecular Hbond substituents is 1. The third-order valence-electron chi connectivity index (χ3n) is 2.63. The Morgan fingerprint density at radius 1 is 1.40 bits per heavy atom. The first-order chi connectivity index (χ1) is 6.93. The fraction of sp³-hybridized carbons (Fsp3) is 0.364. The van der Waals surface area contributed by atoms with Crippen molar-refractivity contribution < 1.29 is 15.0 Å². The molecule has 0 unspecified atom stereocenters. The maximum atomic E-state index is 10.6. The smallest absolute Gasteiger partial charge is 0.320 e. The fourth-order valence-corrected chi connectivity index (χ4v) is 1.41. The molecule has 82 valence electrons. The number of hydrogen-bond donors (Lipinski definition) is 3. The highest BCUT2D eigenvalue weighted by Crippen LogP contribution is 2.23. The highest BCUT2D eigenvalue weighted by Gasteiger charge is 2.14. The Kier molecular flexibility index (Phi) is 3.31. The number of carbonyl (C=O) groups is 1. The quantitative estimate of drug-likeness (QED) is 0.692. The minimum Gasteiger partial charge on any atom is -0.508 e. The van der Waals surface area contributed by atoms with Gasteiger partial charge in [-0.15, -0.1) is 0 Å². The molecule has 0 aliphatic rings. The van der Waals surface area contributed by atoms with Crippen LogP contribution < -0.4 is 5.73 Å². The number of carboxylic acid groups (broad SMARTS) is 1. The van der Waals surface area contributed by atoms with Crippen molar-refractivity contribution in [3.05, 3.63) is 28.8 Å². The molecule has 0 saturated heterocycles. The lowest BCUT2D eigenvalue weighted by Crippen LogP contribution is -2.32. The molecule has 0 aromatic heterocycles.